The van der Waals surface area contributed by atoms with Gasteiger partial charge in [-0.3, -0.25) is 28.5 Å². The quantitative estimate of drug-likeness (QED) is 0.188. The summed E-state index contributed by atoms with van der Waals surface area (Å²) in [4.78, 5) is 72.7. The summed E-state index contributed by atoms with van der Waals surface area (Å²) in [5.74, 6) is -1.62. The van der Waals surface area contributed by atoms with Gasteiger partial charge in [-0.25, -0.2) is 5.09 Å². The van der Waals surface area contributed by atoms with Crippen molar-refractivity contribution < 1.29 is 51.3 Å². The summed E-state index contributed by atoms with van der Waals surface area (Å²) in [5, 5.41) is 5.35. The summed E-state index contributed by atoms with van der Waals surface area (Å²) in [5.41, 5.74) is -4.80. The lowest BCUT2D eigenvalue weighted by Gasteiger charge is -2.44. The standard InChI is InChI=1S/C41H48F2N5O9PS/c1-24(2)56-36(49)21-44-58(54,57-31-6-4-3-5-7-31)41(42,43)29-8-11-34-27(17-29)20-35(59-34)37(50)45-32-19-26-16-25(26)18-30-9-10-33(48(30)39(32)52)40(53)47-22-28(23-47)38(51)46-12-14-55-15-13-46/h3-8,11,17,20,24-26,28,30,32-33H,9-10,12-16,18-19,21-23H2,1-2H3,(H,44,54)(H,45,50)/t25-,26+,30-,32+,33+,58?/m1/s1. The highest BCUT2D eigenvalue weighted by Gasteiger charge is 2.56. The molecule has 4 aliphatic heterocycles. The number of thiophene rings is 1. The van der Waals surface area contributed by atoms with E-state index in [1.165, 1.54) is 36.4 Å². The molecule has 1 aliphatic carbocycles. The molecule has 1 unspecified atom stereocenters. The smallest absolute Gasteiger partial charge is 0.390 e. The van der Waals surface area contributed by atoms with Crippen molar-refractivity contribution in [1.82, 2.24) is 25.1 Å². The average molecular weight is 856 g/mol. The zero-order valence-electron chi connectivity index (χ0n) is 32.9. The highest BCUT2D eigenvalue weighted by atomic mass is 32.1. The van der Waals surface area contributed by atoms with E-state index in [4.69, 9.17) is 14.0 Å². The molecule has 0 bridgehead atoms. The van der Waals surface area contributed by atoms with Gasteiger partial charge in [0, 0.05) is 42.5 Å². The van der Waals surface area contributed by atoms with Gasteiger partial charge >= 0.3 is 19.2 Å². The van der Waals surface area contributed by atoms with Gasteiger partial charge in [-0.1, -0.05) is 24.3 Å². The van der Waals surface area contributed by atoms with Crippen LogP contribution < -0.4 is 14.9 Å². The lowest BCUT2D eigenvalue weighted by molar-refractivity contribution is -0.156. The molecule has 4 saturated heterocycles. The second kappa shape index (κ2) is 16.5. The molecule has 2 aromatic carbocycles. The number of hydrogen-bond donors (Lipinski definition) is 2. The highest BCUT2D eigenvalue weighted by molar-refractivity contribution is 7.58. The average Bonchev–Trinajstić information content (AvgIpc) is 3.55. The molecule has 3 aromatic rings. The van der Waals surface area contributed by atoms with Gasteiger partial charge in [0.2, 0.25) is 17.7 Å². The van der Waals surface area contributed by atoms with Crippen LogP contribution in [0.3, 0.4) is 0 Å². The maximum atomic E-state index is 16.4. The van der Waals surface area contributed by atoms with Gasteiger partial charge in [0.15, 0.2) is 0 Å². The lowest BCUT2D eigenvalue weighted by atomic mass is 9.96. The fourth-order valence-electron chi connectivity index (χ4n) is 8.73. The molecule has 4 amide bonds. The minimum Gasteiger partial charge on any atom is -0.462 e. The molecule has 5 aliphatic rings. The van der Waals surface area contributed by atoms with Gasteiger partial charge < -0.3 is 34.0 Å². The molecule has 8 rings (SSSR count). The van der Waals surface area contributed by atoms with Crippen LogP contribution in [0.1, 0.15) is 61.2 Å². The largest absolute Gasteiger partial charge is 0.462 e. The van der Waals surface area contributed by atoms with Crippen molar-refractivity contribution >= 4 is 58.5 Å². The van der Waals surface area contributed by atoms with Gasteiger partial charge in [0.1, 0.15) is 24.4 Å². The topological polar surface area (TPSA) is 164 Å². The molecule has 1 saturated carbocycles. The maximum Gasteiger partial charge on any atom is 0.390 e. The number of likely N-dealkylation sites (tertiary alicyclic amines) is 1. The first-order valence-corrected chi connectivity index (χ1v) is 22.6. The maximum absolute atomic E-state index is 16.4. The summed E-state index contributed by atoms with van der Waals surface area (Å²) in [6.45, 7) is 5.08. The number of rotatable bonds is 12. The number of alkyl halides is 2. The first kappa shape index (κ1) is 41.3. The van der Waals surface area contributed by atoms with Crippen molar-refractivity contribution in [3.05, 3.63) is 65.0 Å². The van der Waals surface area contributed by atoms with Crippen LogP contribution in [0.2, 0.25) is 0 Å². The zero-order valence-corrected chi connectivity index (χ0v) is 34.6. The molecule has 1 aromatic heterocycles. The number of amides is 4. The van der Waals surface area contributed by atoms with Crippen LogP contribution in [0.25, 0.3) is 10.1 Å². The minimum atomic E-state index is -5.18. The monoisotopic (exact) mass is 855 g/mol. The highest BCUT2D eigenvalue weighted by Crippen LogP contribution is 2.63. The Bertz CT molecular complexity index is 2160. The van der Waals surface area contributed by atoms with E-state index >= 15 is 8.78 Å². The molecule has 316 valence electrons. The number of fused-ring (bicyclic) bond motifs is 3. The van der Waals surface area contributed by atoms with Crippen molar-refractivity contribution in [3.8, 4) is 5.75 Å². The summed E-state index contributed by atoms with van der Waals surface area (Å²) in [7, 11) is -5.18. The first-order valence-electron chi connectivity index (χ1n) is 20.2. The van der Waals surface area contributed by atoms with Crippen molar-refractivity contribution in [2.45, 2.75) is 75.8 Å². The Labute approximate surface area is 344 Å². The van der Waals surface area contributed by atoms with Crippen LogP contribution in [0.15, 0.2) is 54.6 Å². The number of nitrogens with one attached hydrogen (secondary N) is 2. The number of halogens is 2. The van der Waals surface area contributed by atoms with E-state index in [1.54, 1.807) is 34.6 Å². The number of benzene rings is 2. The number of carbonyl (C=O) groups excluding carboxylic acids is 5. The van der Waals surface area contributed by atoms with Gasteiger partial charge in [-0.15, -0.1) is 11.3 Å². The van der Waals surface area contributed by atoms with E-state index in [0.717, 1.165) is 36.3 Å². The van der Waals surface area contributed by atoms with Crippen molar-refractivity contribution in [2.24, 2.45) is 17.8 Å². The van der Waals surface area contributed by atoms with Crippen LogP contribution in [0.5, 0.6) is 5.75 Å². The number of para-hydroxylation sites is 1. The molecule has 2 N–H and O–H groups in total. The van der Waals surface area contributed by atoms with E-state index in [-0.39, 0.29) is 51.6 Å². The Morgan fingerprint density at radius 1 is 0.949 bits per heavy atom. The Hall–Kier alpha value is -4.44. The van der Waals surface area contributed by atoms with Gasteiger partial charge in [-0.05, 0) is 93.5 Å². The van der Waals surface area contributed by atoms with E-state index < -0.39 is 55.4 Å². The fraction of sp³-hybridized carbons (Fsp3) is 0.537. The molecule has 5 fully saturated rings. The predicted molar refractivity (Wildman–Crippen MR) is 213 cm³/mol. The normalized spacial score (nSPS) is 25.6. The Morgan fingerprint density at radius 2 is 1.68 bits per heavy atom. The van der Waals surface area contributed by atoms with Crippen molar-refractivity contribution in [1.29, 1.82) is 0 Å². The van der Waals surface area contributed by atoms with E-state index in [1.807, 2.05) is 0 Å². The number of morpholine rings is 1. The predicted octanol–water partition coefficient (Wildman–Crippen LogP) is 4.97. The Morgan fingerprint density at radius 3 is 2.41 bits per heavy atom. The summed E-state index contributed by atoms with van der Waals surface area (Å²) in [6.07, 6.45) is 2.84. The Balaban J connectivity index is 0.969. The molecule has 5 heterocycles. The lowest BCUT2D eigenvalue weighted by Crippen LogP contribution is -2.62. The van der Waals surface area contributed by atoms with Crippen LogP contribution in [0, 0.1) is 17.8 Å². The van der Waals surface area contributed by atoms with E-state index in [2.05, 4.69) is 10.4 Å². The van der Waals surface area contributed by atoms with Crippen LogP contribution in [-0.2, 0) is 38.9 Å². The van der Waals surface area contributed by atoms with E-state index in [0.29, 0.717) is 69.3 Å². The molecular weight excluding hydrogens is 808 g/mol. The minimum absolute atomic E-state index is 0.0209. The molecule has 6 atom stereocenters. The zero-order chi connectivity index (χ0) is 41.6. The molecule has 14 nitrogen and oxygen atoms in total. The summed E-state index contributed by atoms with van der Waals surface area (Å²) < 4.78 is 63.2. The van der Waals surface area contributed by atoms with Crippen molar-refractivity contribution in [3.63, 3.8) is 0 Å². The SMILES string of the molecule is CC(C)OC(=O)CNP(=O)(Oc1ccccc1)C(F)(F)c1ccc2sc(C(=O)N[C@H]3C[C@@H]4C[C@@H]4C[C@H]4CC[C@@H](C(=O)N5CC(C(=O)N6CCOCC6)C5)N4C3=O)cc2c1. The fourth-order valence-corrected chi connectivity index (χ4v) is 11.3. The van der Waals surface area contributed by atoms with Crippen molar-refractivity contribution in [2.75, 3.05) is 45.9 Å². The first-order chi connectivity index (χ1) is 28.2. The van der Waals surface area contributed by atoms with Gasteiger partial charge in [-0.2, -0.15) is 8.78 Å². The third-order valence-corrected chi connectivity index (χ3v) is 15.1. The number of ether oxygens (including phenoxy) is 2. The molecule has 0 spiro atoms. The summed E-state index contributed by atoms with van der Waals surface area (Å²) in [6, 6.07) is 10.8. The number of carbonyl (C=O) groups is 5. The van der Waals surface area contributed by atoms with Crippen LogP contribution in [0.4, 0.5) is 8.78 Å². The van der Waals surface area contributed by atoms with Gasteiger partial charge in [0.05, 0.1) is 30.1 Å². The molecule has 0 radical (unpaired) electrons. The van der Waals surface area contributed by atoms with Crippen LogP contribution in [-0.4, -0.2) is 114 Å². The second-order valence-corrected chi connectivity index (χ2v) is 19.6. The van der Waals surface area contributed by atoms with Gasteiger partial charge in [0.25, 0.3) is 5.91 Å². The number of esters is 1. The van der Waals surface area contributed by atoms with E-state index in [9.17, 15) is 28.5 Å². The molecule has 18 heteroatoms. The Kier molecular flexibility index (Phi) is 11.6. The third-order valence-electron chi connectivity index (χ3n) is 11.9. The molecular formula is C41H48F2N5O9PS. The number of hydrogen-bond acceptors (Lipinski definition) is 10. The summed E-state index contributed by atoms with van der Waals surface area (Å²) >= 11 is 1.06. The van der Waals surface area contributed by atoms with Crippen LogP contribution >= 0.6 is 18.9 Å². The molecule has 59 heavy (non-hydrogen) atoms. The number of nitrogens with zero attached hydrogens (tertiary/aromatic N) is 3. The second-order valence-electron chi connectivity index (χ2n) is 16.4. The third kappa shape index (κ3) is 8.48.